The van der Waals surface area contributed by atoms with Gasteiger partial charge in [-0.3, -0.25) is 9.80 Å². The number of nitrogens with zero attached hydrogens (tertiary/aromatic N) is 5. The van der Waals surface area contributed by atoms with Crippen LogP contribution in [0.25, 0.3) is 10.9 Å². The standard InChI is InChI=1S/C30H40BrF2N5O5/c1-17-14-41-11-10-36(17)15-30(8-9-30)16-42-27-34-24-20(25(40-5)23(33)21(31)22(24)32)26(35-27)37-12-18-6-7-19(13-37)38(18)28(39)43-29(2,3)4/h17-19H,6-16H2,1-5H3/t17-,18?,19?/m1/s1. The monoisotopic (exact) mass is 667 g/mol. The lowest BCUT2D eigenvalue weighted by Gasteiger charge is -2.42. The zero-order valence-electron chi connectivity index (χ0n) is 25.4. The predicted molar refractivity (Wildman–Crippen MR) is 160 cm³/mol. The van der Waals surface area contributed by atoms with Gasteiger partial charge in [0.05, 0.1) is 48.9 Å². The van der Waals surface area contributed by atoms with Crippen molar-refractivity contribution in [3.8, 4) is 11.8 Å². The molecule has 4 fully saturated rings. The van der Waals surface area contributed by atoms with Gasteiger partial charge in [-0.2, -0.15) is 9.97 Å². The van der Waals surface area contributed by atoms with Gasteiger partial charge >= 0.3 is 12.1 Å². The van der Waals surface area contributed by atoms with E-state index in [-0.39, 0.29) is 50.7 Å². The van der Waals surface area contributed by atoms with E-state index < -0.39 is 17.2 Å². The second kappa shape index (κ2) is 11.4. The predicted octanol–water partition coefficient (Wildman–Crippen LogP) is 5.15. The topological polar surface area (TPSA) is 89.5 Å². The number of anilines is 1. The average Bonchev–Trinajstić information content (AvgIpc) is 3.67. The molecule has 1 aromatic carbocycles. The summed E-state index contributed by atoms with van der Waals surface area (Å²) in [6.45, 7) is 12.1. The Kier molecular flexibility index (Phi) is 8.12. The Morgan fingerprint density at radius 3 is 2.44 bits per heavy atom. The average molecular weight is 669 g/mol. The Hall–Kier alpha value is -2.51. The molecule has 4 aliphatic rings. The summed E-state index contributed by atoms with van der Waals surface area (Å²) in [5.74, 6) is -1.53. The molecule has 2 aromatic rings. The van der Waals surface area contributed by atoms with E-state index in [1.165, 1.54) is 7.11 Å². The lowest BCUT2D eigenvalue weighted by atomic mass is 10.1. The van der Waals surface area contributed by atoms with Crippen molar-refractivity contribution in [2.75, 3.05) is 58.0 Å². The molecule has 4 heterocycles. The number of benzene rings is 1. The lowest BCUT2D eigenvalue weighted by Crippen LogP contribution is -2.57. The summed E-state index contributed by atoms with van der Waals surface area (Å²) in [6.07, 6.45) is 3.28. The van der Waals surface area contributed by atoms with Crippen LogP contribution in [0.5, 0.6) is 11.8 Å². The number of methoxy groups -OCH3 is 1. The summed E-state index contributed by atoms with van der Waals surface area (Å²) in [4.78, 5) is 28.5. The number of piperazine rings is 1. The number of carbonyl (C=O) groups excluding carboxylic acids is 1. The lowest BCUT2D eigenvalue weighted by molar-refractivity contribution is -0.0134. The molecular weight excluding hydrogens is 628 g/mol. The van der Waals surface area contributed by atoms with Crippen LogP contribution in [0.2, 0.25) is 0 Å². The first-order chi connectivity index (χ1) is 20.4. The molecule has 0 spiro atoms. The van der Waals surface area contributed by atoms with Crippen molar-refractivity contribution >= 4 is 38.7 Å². The highest BCUT2D eigenvalue weighted by atomic mass is 79.9. The molecule has 0 N–H and O–H groups in total. The van der Waals surface area contributed by atoms with Crippen molar-refractivity contribution in [3.63, 3.8) is 0 Å². The van der Waals surface area contributed by atoms with Crippen LogP contribution in [0.4, 0.5) is 19.4 Å². The molecule has 3 atom stereocenters. The summed E-state index contributed by atoms with van der Waals surface area (Å²) in [7, 11) is 1.34. The van der Waals surface area contributed by atoms with Crippen molar-refractivity contribution in [2.24, 2.45) is 5.41 Å². The Balaban J connectivity index is 1.31. The quantitative estimate of drug-likeness (QED) is 0.372. The van der Waals surface area contributed by atoms with Crippen LogP contribution in [0.3, 0.4) is 0 Å². The highest BCUT2D eigenvalue weighted by Gasteiger charge is 2.47. The fourth-order valence-corrected chi connectivity index (χ4v) is 6.92. The number of morpholine rings is 1. The molecular formula is C30H40BrF2N5O5. The smallest absolute Gasteiger partial charge is 0.410 e. The minimum absolute atomic E-state index is 0.0259. The van der Waals surface area contributed by atoms with E-state index in [4.69, 9.17) is 23.9 Å². The Labute approximate surface area is 259 Å². The third-order valence-corrected chi connectivity index (χ3v) is 9.68. The Morgan fingerprint density at radius 1 is 1.14 bits per heavy atom. The maximum Gasteiger partial charge on any atom is 0.410 e. The molecule has 3 aliphatic heterocycles. The molecule has 1 aliphatic carbocycles. The van der Waals surface area contributed by atoms with Gasteiger partial charge in [0, 0.05) is 37.6 Å². The summed E-state index contributed by atoms with van der Waals surface area (Å²) in [5, 5.41) is 0.140. The molecule has 6 rings (SSSR count). The molecule has 2 bridgehead atoms. The minimum atomic E-state index is -0.863. The van der Waals surface area contributed by atoms with Crippen molar-refractivity contribution in [1.82, 2.24) is 19.8 Å². The van der Waals surface area contributed by atoms with Crippen molar-refractivity contribution < 1.29 is 32.5 Å². The molecule has 236 valence electrons. The first-order valence-corrected chi connectivity index (χ1v) is 15.8. The fraction of sp³-hybridized carbons (Fsp3) is 0.700. The SMILES string of the molecule is COc1c(F)c(Br)c(F)c2nc(OCC3(CN4CCOC[C@H]4C)CC3)nc(N3CC4CCC(C3)N4C(=O)OC(C)(C)C)c12. The fourth-order valence-electron chi connectivity index (χ4n) is 6.55. The number of fused-ring (bicyclic) bond motifs is 3. The van der Waals surface area contributed by atoms with Crippen molar-refractivity contribution in [2.45, 2.75) is 77.1 Å². The molecule has 13 heteroatoms. The van der Waals surface area contributed by atoms with Crippen LogP contribution in [-0.2, 0) is 9.47 Å². The van der Waals surface area contributed by atoms with Gasteiger partial charge in [0.2, 0.25) is 0 Å². The third-order valence-electron chi connectivity index (χ3n) is 8.99. The Bertz CT molecular complexity index is 1390. The van der Waals surface area contributed by atoms with Crippen LogP contribution < -0.4 is 14.4 Å². The van der Waals surface area contributed by atoms with Gasteiger partial charge in [0.1, 0.15) is 16.9 Å². The van der Waals surface area contributed by atoms with Gasteiger partial charge in [0.15, 0.2) is 17.4 Å². The summed E-state index contributed by atoms with van der Waals surface area (Å²) in [5.41, 5.74) is -0.724. The van der Waals surface area contributed by atoms with Crippen molar-refractivity contribution in [1.29, 1.82) is 0 Å². The minimum Gasteiger partial charge on any atom is -0.493 e. The number of ether oxygens (including phenoxy) is 4. The highest BCUT2D eigenvalue weighted by molar-refractivity contribution is 9.10. The van der Waals surface area contributed by atoms with Gasteiger partial charge < -0.3 is 23.8 Å². The van der Waals surface area contributed by atoms with Gasteiger partial charge in [-0.25, -0.2) is 13.6 Å². The van der Waals surface area contributed by atoms with Crippen LogP contribution in [0.15, 0.2) is 4.47 Å². The van der Waals surface area contributed by atoms with Gasteiger partial charge in [-0.15, -0.1) is 0 Å². The maximum absolute atomic E-state index is 15.6. The van der Waals surface area contributed by atoms with Gasteiger partial charge in [-0.05, 0) is 69.3 Å². The van der Waals surface area contributed by atoms with E-state index in [1.807, 2.05) is 25.7 Å². The highest BCUT2D eigenvalue weighted by Crippen LogP contribution is 2.48. The first-order valence-electron chi connectivity index (χ1n) is 15.0. The summed E-state index contributed by atoms with van der Waals surface area (Å²) < 4.78 is 53.5. The molecule has 43 heavy (non-hydrogen) atoms. The van der Waals surface area contributed by atoms with Crippen LogP contribution in [0.1, 0.15) is 53.4 Å². The van der Waals surface area contributed by atoms with E-state index in [2.05, 4.69) is 32.7 Å². The second-order valence-corrected chi connectivity index (χ2v) is 14.2. The normalized spacial score (nSPS) is 25.3. The third kappa shape index (κ3) is 5.96. The van der Waals surface area contributed by atoms with E-state index in [9.17, 15) is 4.79 Å². The van der Waals surface area contributed by atoms with Gasteiger partial charge in [0.25, 0.3) is 0 Å². The van der Waals surface area contributed by atoms with E-state index in [1.54, 1.807) is 4.90 Å². The number of rotatable bonds is 7. The largest absolute Gasteiger partial charge is 0.493 e. The molecule has 1 amide bonds. The van der Waals surface area contributed by atoms with Crippen molar-refractivity contribution in [3.05, 3.63) is 16.1 Å². The molecule has 10 nitrogen and oxygen atoms in total. The number of aromatic nitrogens is 2. The number of hydrogen-bond acceptors (Lipinski definition) is 9. The summed E-state index contributed by atoms with van der Waals surface area (Å²) >= 11 is 3.04. The molecule has 3 saturated heterocycles. The maximum atomic E-state index is 15.6. The first kappa shape index (κ1) is 30.5. The molecule has 1 saturated carbocycles. The van der Waals surface area contributed by atoms with Crippen LogP contribution in [0, 0.1) is 17.0 Å². The zero-order valence-corrected chi connectivity index (χ0v) is 27.0. The molecule has 2 unspecified atom stereocenters. The van der Waals surface area contributed by atoms with E-state index in [0.717, 1.165) is 38.8 Å². The molecule has 1 aromatic heterocycles. The number of carbonyl (C=O) groups is 1. The van der Waals surface area contributed by atoms with Crippen LogP contribution in [-0.4, -0.2) is 103 Å². The number of amides is 1. The van der Waals surface area contributed by atoms with E-state index in [0.29, 0.717) is 44.8 Å². The zero-order chi connectivity index (χ0) is 30.7. The molecule has 0 radical (unpaired) electrons. The van der Waals surface area contributed by atoms with Crippen LogP contribution >= 0.6 is 15.9 Å². The van der Waals surface area contributed by atoms with Gasteiger partial charge in [-0.1, -0.05) is 0 Å². The Morgan fingerprint density at radius 2 is 1.84 bits per heavy atom. The number of halogens is 3. The number of hydrogen-bond donors (Lipinski definition) is 0. The summed E-state index contributed by atoms with van der Waals surface area (Å²) in [6, 6.07) is 0.0946. The second-order valence-electron chi connectivity index (χ2n) is 13.4. The van der Waals surface area contributed by atoms with E-state index >= 15 is 8.78 Å².